The molecule has 1 aromatic heterocycles. The van der Waals surface area contributed by atoms with Crippen LogP contribution in [0.4, 0.5) is 0 Å². The molecule has 0 saturated heterocycles. The summed E-state index contributed by atoms with van der Waals surface area (Å²) in [4.78, 5) is 16.1. The minimum absolute atomic E-state index is 0.0194. The van der Waals surface area contributed by atoms with E-state index in [0.29, 0.717) is 19.4 Å². The van der Waals surface area contributed by atoms with E-state index >= 15 is 0 Å². The highest BCUT2D eigenvalue weighted by Gasteiger charge is 2.09. The highest BCUT2D eigenvalue weighted by atomic mass is 16.5. The first kappa shape index (κ1) is 16.0. The molecular formula is C18H22N2O2. The molecule has 1 atom stereocenters. The second kappa shape index (κ2) is 8.17. The molecule has 0 aliphatic heterocycles. The normalized spacial score (nSPS) is 11.7. The Balaban J connectivity index is 1.68. The molecule has 1 unspecified atom stereocenters. The maximum Gasteiger partial charge on any atom is 0.220 e. The van der Waals surface area contributed by atoms with Gasteiger partial charge in [0.1, 0.15) is 5.75 Å². The van der Waals surface area contributed by atoms with E-state index in [9.17, 15) is 4.79 Å². The Morgan fingerprint density at radius 1 is 1.27 bits per heavy atom. The molecule has 0 aliphatic carbocycles. The lowest BCUT2D eigenvalue weighted by molar-refractivity contribution is -0.122. The van der Waals surface area contributed by atoms with E-state index in [1.54, 1.807) is 6.20 Å². The van der Waals surface area contributed by atoms with Crippen LogP contribution in [0.2, 0.25) is 0 Å². The van der Waals surface area contributed by atoms with Gasteiger partial charge in [0.25, 0.3) is 0 Å². The molecule has 0 bridgehead atoms. The van der Waals surface area contributed by atoms with Gasteiger partial charge in [0.15, 0.2) is 0 Å². The van der Waals surface area contributed by atoms with Gasteiger partial charge in [0, 0.05) is 12.6 Å². The lowest BCUT2D eigenvalue weighted by atomic mass is 10.2. The van der Waals surface area contributed by atoms with Crippen LogP contribution in [-0.2, 0) is 4.79 Å². The van der Waals surface area contributed by atoms with Gasteiger partial charge in [0.2, 0.25) is 5.91 Å². The summed E-state index contributed by atoms with van der Waals surface area (Å²) in [5.74, 6) is 0.869. The van der Waals surface area contributed by atoms with Gasteiger partial charge in [-0.1, -0.05) is 18.2 Å². The number of pyridine rings is 1. The molecule has 0 radical (unpaired) electrons. The number of nitrogens with zero attached hydrogens (tertiary/aromatic N) is 1. The summed E-state index contributed by atoms with van der Waals surface area (Å²) in [6, 6.07) is 13.5. The van der Waals surface area contributed by atoms with Crippen molar-refractivity contribution >= 4 is 5.91 Å². The third-order valence-corrected chi connectivity index (χ3v) is 3.32. The number of hydrogen-bond donors (Lipinski definition) is 1. The van der Waals surface area contributed by atoms with E-state index in [4.69, 9.17) is 4.74 Å². The Morgan fingerprint density at radius 3 is 2.86 bits per heavy atom. The zero-order valence-corrected chi connectivity index (χ0v) is 13.1. The van der Waals surface area contributed by atoms with Crippen LogP contribution in [0.3, 0.4) is 0 Å². The van der Waals surface area contributed by atoms with Gasteiger partial charge in [-0.3, -0.25) is 9.78 Å². The van der Waals surface area contributed by atoms with Crippen molar-refractivity contribution in [1.29, 1.82) is 0 Å². The van der Waals surface area contributed by atoms with Crippen molar-refractivity contribution in [1.82, 2.24) is 10.3 Å². The third kappa shape index (κ3) is 5.20. The van der Waals surface area contributed by atoms with Crippen LogP contribution in [-0.4, -0.2) is 17.5 Å². The van der Waals surface area contributed by atoms with Gasteiger partial charge in [0.05, 0.1) is 18.3 Å². The molecular weight excluding hydrogens is 276 g/mol. The van der Waals surface area contributed by atoms with Gasteiger partial charge in [-0.25, -0.2) is 0 Å². The molecule has 1 amide bonds. The predicted molar refractivity (Wildman–Crippen MR) is 86.7 cm³/mol. The average Bonchev–Trinajstić information content (AvgIpc) is 2.52. The van der Waals surface area contributed by atoms with Crippen molar-refractivity contribution in [3.05, 3.63) is 59.9 Å². The molecule has 4 nitrogen and oxygen atoms in total. The van der Waals surface area contributed by atoms with Crippen LogP contribution in [0.5, 0.6) is 5.75 Å². The van der Waals surface area contributed by atoms with E-state index in [2.05, 4.69) is 10.3 Å². The summed E-state index contributed by atoms with van der Waals surface area (Å²) in [6.07, 6.45) is 2.87. The van der Waals surface area contributed by atoms with Crippen molar-refractivity contribution in [2.75, 3.05) is 6.61 Å². The first-order valence-electron chi connectivity index (χ1n) is 7.55. The Morgan fingerprint density at radius 2 is 2.14 bits per heavy atom. The second-order valence-electron chi connectivity index (χ2n) is 5.31. The van der Waals surface area contributed by atoms with Crippen molar-refractivity contribution < 1.29 is 9.53 Å². The van der Waals surface area contributed by atoms with Crippen LogP contribution in [0.25, 0.3) is 0 Å². The zero-order valence-electron chi connectivity index (χ0n) is 13.1. The number of rotatable bonds is 7. The average molecular weight is 298 g/mol. The van der Waals surface area contributed by atoms with E-state index in [-0.39, 0.29) is 11.9 Å². The first-order valence-corrected chi connectivity index (χ1v) is 7.55. The molecule has 2 aromatic rings. The minimum Gasteiger partial charge on any atom is -0.494 e. The Labute approximate surface area is 131 Å². The number of aryl methyl sites for hydroxylation is 1. The SMILES string of the molecule is Cc1cccc(OCCCC(=O)NC(C)c2ccccn2)c1. The molecule has 116 valence electrons. The molecule has 1 aromatic carbocycles. The lowest BCUT2D eigenvalue weighted by Gasteiger charge is -2.13. The largest absolute Gasteiger partial charge is 0.494 e. The number of carbonyl (C=O) groups is 1. The number of aromatic nitrogens is 1. The quantitative estimate of drug-likeness (QED) is 0.797. The fourth-order valence-corrected chi connectivity index (χ4v) is 2.15. The number of amides is 1. The van der Waals surface area contributed by atoms with Gasteiger partial charge in [-0.2, -0.15) is 0 Å². The monoisotopic (exact) mass is 298 g/mol. The van der Waals surface area contributed by atoms with Crippen LogP contribution in [0.1, 0.15) is 37.1 Å². The Hall–Kier alpha value is -2.36. The lowest BCUT2D eigenvalue weighted by Crippen LogP contribution is -2.27. The summed E-state index contributed by atoms with van der Waals surface area (Å²) in [5.41, 5.74) is 2.03. The standard InChI is InChI=1S/C18H22N2O2/c1-14-7-5-8-16(13-14)22-12-6-10-18(21)20-15(2)17-9-3-4-11-19-17/h3-5,7-9,11,13,15H,6,10,12H2,1-2H3,(H,20,21). The predicted octanol–water partition coefficient (Wildman–Crippen LogP) is 3.43. The summed E-state index contributed by atoms with van der Waals surface area (Å²) >= 11 is 0. The van der Waals surface area contributed by atoms with E-state index in [1.807, 2.05) is 56.3 Å². The molecule has 0 fully saturated rings. The maximum atomic E-state index is 11.9. The summed E-state index contributed by atoms with van der Waals surface area (Å²) in [5, 5.41) is 2.95. The number of ether oxygens (including phenoxy) is 1. The van der Waals surface area contributed by atoms with E-state index in [0.717, 1.165) is 11.4 Å². The van der Waals surface area contributed by atoms with Gasteiger partial charge in [-0.15, -0.1) is 0 Å². The van der Waals surface area contributed by atoms with Gasteiger partial charge in [-0.05, 0) is 50.1 Å². The van der Waals surface area contributed by atoms with Crippen LogP contribution in [0, 0.1) is 6.92 Å². The maximum absolute atomic E-state index is 11.9. The number of benzene rings is 1. The number of carbonyl (C=O) groups excluding carboxylic acids is 1. The first-order chi connectivity index (χ1) is 10.6. The smallest absolute Gasteiger partial charge is 0.220 e. The van der Waals surface area contributed by atoms with Crippen molar-refractivity contribution in [2.45, 2.75) is 32.7 Å². The van der Waals surface area contributed by atoms with E-state index in [1.165, 1.54) is 5.56 Å². The zero-order chi connectivity index (χ0) is 15.8. The Bertz CT molecular complexity index is 599. The second-order valence-corrected chi connectivity index (χ2v) is 5.31. The van der Waals surface area contributed by atoms with Gasteiger partial charge < -0.3 is 10.1 Å². The Kier molecular flexibility index (Phi) is 5.95. The van der Waals surface area contributed by atoms with Crippen molar-refractivity contribution in [3.63, 3.8) is 0 Å². The summed E-state index contributed by atoms with van der Waals surface area (Å²) in [6.45, 7) is 4.50. The van der Waals surface area contributed by atoms with Crippen LogP contribution in [0.15, 0.2) is 48.7 Å². The number of hydrogen-bond acceptors (Lipinski definition) is 3. The number of nitrogens with one attached hydrogen (secondary N) is 1. The molecule has 1 heterocycles. The van der Waals surface area contributed by atoms with Crippen LogP contribution >= 0.6 is 0 Å². The van der Waals surface area contributed by atoms with Crippen LogP contribution < -0.4 is 10.1 Å². The highest BCUT2D eigenvalue weighted by Crippen LogP contribution is 2.13. The fourth-order valence-electron chi connectivity index (χ4n) is 2.15. The molecule has 4 heteroatoms. The molecule has 0 aliphatic rings. The molecule has 0 spiro atoms. The molecule has 22 heavy (non-hydrogen) atoms. The fraction of sp³-hybridized carbons (Fsp3) is 0.333. The minimum atomic E-state index is -0.0774. The highest BCUT2D eigenvalue weighted by molar-refractivity contribution is 5.76. The molecule has 0 saturated carbocycles. The summed E-state index contributed by atoms with van der Waals surface area (Å²) in [7, 11) is 0. The van der Waals surface area contributed by atoms with Gasteiger partial charge >= 0.3 is 0 Å². The summed E-state index contributed by atoms with van der Waals surface area (Å²) < 4.78 is 5.63. The molecule has 1 N–H and O–H groups in total. The molecule has 2 rings (SSSR count). The van der Waals surface area contributed by atoms with E-state index < -0.39 is 0 Å². The topological polar surface area (TPSA) is 51.2 Å². The van der Waals surface area contributed by atoms with Crippen molar-refractivity contribution in [3.8, 4) is 5.75 Å². The van der Waals surface area contributed by atoms with Crippen molar-refractivity contribution in [2.24, 2.45) is 0 Å². The third-order valence-electron chi connectivity index (χ3n) is 3.32.